The Kier molecular flexibility index (Phi) is 17.9. The maximum atomic E-state index is 12.8. The number of hydrogen-bond acceptors (Lipinski definition) is 2. The van der Waals surface area contributed by atoms with Crippen molar-refractivity contribution in [3.05, 3.63) is 45.4 Å². The fourth-order valence-electron chi connectivity index (χ4n) is 11.3. The van der Waals surface area contributed by atoms with E-state index >= 15 is 0 Å². The minimum Gasteiger partial charge on any atom is -0.462 e. The number of carbonyl (C=O) groups excluding carboxylic acids is 1. The van der Waals surface area contributed by atoms with E-state index in [-0.39, 0.29) is 17.5 Å². The van der Waals surface area contributed by atoms with Gasteiger partial charge in [0.25, 0.3) is 0 Å². The Morgan fingerprint density at radius 1 is 0.981 bits per heavy atom. The Labute approximate surface area is 336 Å². The molecule has 0 radical (unpaired) electrons. The average molecular weight is 839 g/mol. The Hall–Kier alpha value is -1.49. The van der Waals surface area contributed by atoms with Gasteiger partial charge in [-0.1, -0.05) is 95.3 Å². The van der Waals surface area contributed by atoms with Crippen molar-refractivity contribution in [1.82, 2.24) is 0 Å². The van der Waals surface area contributed by atoms with E-state index in [1.165, 1.54) is 89.0 Å². The molecular formula is C48H70Br2O2. The second-order valence-electron chi connectivity index (χ2n) is 17.3. The molecule has 8 unspecified atom stereocenters. The first-order valence-corrected chi connectivity index (χ1v) is 22.8. The number of hydrogen-bond donors (Lipinski definition) is 0. The zero-order valence-electron chi connectivity index (χ0n) is 33.5. The van der Waals surface area contributed by atoms with E-state index in [0.29, 0.717) is 24.2 Å². The Bertz CT molecular complexity index is 1390. The predicted molar refractivity (Wildman–Crippen MR) is 229 cm³/mol. The quantitative estimate of drug-likeness (QED) is 0.0595. The second kappa shape index (κ2) is 21.6. The van der Waals surface area contributed by atoms with Gasteiger partial charge in [-0.15, -0.1) is 0 Å². The van der Waals surface area contributed by atoms with E-state index in [1.807, 2.05) is 6.08 Å². The highest BCUT2D eigenvalue weighted by molar-refractivity contribution is 9.28. The average Bonchev–Trinajstić information content (AvgIpc) is 3.48. The first kappa shape index (κ1) is 43.2. The van der Waals surface area contributed by atoms with Crippen molar-refractivity contribution in [3.8, 4) is 23.7 Å². The number of carbonyl (C=O) groups is 1. The molecule has 4 heteroatoms. The van der Waals surface area contributed by atoms with Crippen LogP contribution in [0.25, 0.3) is 0 Å². The number of halogens is 2. The van der Waals surface area contributed by atoms with Crippen LogP contribution in [0.3, 0.4) is 0 Å². The summed E-state index contributed by atoms with van der Waals surface area (Å²) in [7, 11) is 0. The lowest BCUT2D eigenvalue weighted by molar-refractivity contribution is -0.151. The van der Waals surface area contributed by atoms with E-state index in [0.717, 1.165) is 71.5 Å². The second-order valence-corrected chi connectivity index (χ2v) is 20.1. The summed E-state index contributed by atoms with van der Waals surface area (Å²) in [6.07, 6.45) is 32.8. The molecule has 0 aliphatic heterocycles. The molecule has 4 aliphatic carbocycles. The zero-order chi connectivity index (χ0) is 37.6. The van der Waals surface area contributed by atoms with Gasteiger partial charge in [-0.3, -0.25) is 4.79 Å². The van der Waals surface area contributed by atoms with Crippen LogP contribution in [-0.4, -0.2) is 12.1 Å². The first-order chi connectivity index (χ1) is 25.0. The molecule has 4 rings (SSSR count). The maximum absolute atomic E-state index is 12.8. The van der Waals surface area contributed by atoms with Gasteiger partial charge in [-0.2, -0.15) is 0 Å². The van der Waals surface area contributed by atoms with Gasteiger partial charge in [0.05, 0.1) is 3.39 Å². The summed E-state index contributed by atoms with van der Waals surface area (Å²) in [5.41, 5.74) is 3.85. The summed E-state index contributed by atoms with van der Waals surface area (Å²) >= 11 is 6.80. The van der Waals surface area contributed by atoms with Crippen LogP contribution in [0, 0.1) is 70.0 Å². The molecule has 0 amide bonds. The van der Waals surface area contributed by atoms with Gasteiger partial charge in [0, 0.05) is 19.3 Å². The van der Waals surface area contributed by atoms with Gasteiger partial charge in [0.1, 0.15) is 6.10 Å². The van der Waals surface area contributed by atoms with Crippen LogP contribution in [-0.2, 0) is 9.53 Å². The van der Waals surface area contributed by atoms with E-state index in [9.17, 15) is 4.79 Å². The Morgan fingerprint density at radius 2 is 1.75 bits per heavy atom. The molecule has 288 valence electrons. The summed E-state index contributed by atoms with van der Waals surface area (Å²) < 4.78 is 7.11. The Balaban J connectivity index is 1.16. The molecule has 0 N–H and O–H groups in total. The third-order valence-corrected chi connectivity index (χ3v) is 15.0. The van der Waals surface area contributed by atoms with Gasteiger partial charge in [-0.25, -0.2) is 0 Å². The first-order valence-electron chi connectivity index (χ1n) is 21.2. The van der Waals surface area contributed by atoms with Crippen molar-refractivity contribution in [2.45, 2.75) is 176 Å². The molecule has 3 fully saturated rings. The van der Waals surface area contributed by atoms with E-state index in [2.05, 4.69) is 115 Å². The smallest absolute Gasteiger partial charge is 0.306 e. The summed E-state index contributed by atoms with van der Waals surface area (Å²) in [6.45, 7) is 17.0. The van der Waals surface area contributed by atoms with Crippen molar-refractivity contribution in [3.63, 3.8) is 0 Å². The standard InChI is InChI=1S/C48H70Br2O2/c1-7-38(8-2)36(3)25-26-37(4)42-29-30-43-41-28-27-39-35-40(31-33-47(39,5)44(41)32-34-48(42,43)6)52-46(51)24-22-20-18-16-14-12-10-9-11-13-15-17-19-21-23-45(49)50/h9-10,23,27,37-38,40-44H,3,7-8,11,13,15,17,19-22,24-26,28-35H2,1-2,4-6H3. The van der Waals surface area contributed by atoms with Crippen LogP contribution in [0.5, 0.6) is 0 Å². The van der Waals surface area contributed by atoms with Crippen molar-refractivity contribution in [2.75, 3.05) is 0 Å². The van der Waals surface area contributed by atoms with Gasteiger partial charge in [-0.05, 0) is 199 Å². The highest BCUT2D eigenvalue weighted by Crippen LogP contribution is 2.67. The lowest BCUT2D eigenvalue weighted by Gasteiger charge is -2.58. The molecule has 0 saturated heterocycles. The number of fused-ring (bicyclic) bond motifs is 5. The minimum absolute atomic E-state index is 0.0336. The SMILES string of the molecule is C=C(CCC(C)C1CCC2C3CC=C4CC(OC(=O)CCCC#CC#CC=CCCCCCCC=C(Br)Br)CCC4(C)C3CCC12C)C(CC)CC. The van der Waals surface area contributed by atoms with Crippen molar-refractivity contribution in [1.29, 1.82) is 0 Å². The Morgan fingerprint density at radius 3 is 2.50 bits per heavy atom. The largest absolute Gasteiger partial charge is 0.462 e. The van der Waals surface area contributed by atoms with Gasteiger partial charge in [0.15, 0.2) is 0 Å². The molecule has 4 aliphatic rings. The minimum atomic E-state index is -0.0609. The van der Waals surface area contributed by atoms with E-state index < -0.39 is 0 Å². The van der Waals surface area contributed by atoms with Crippen LogP contribution in [0.1, 0.15) is 169 Å². The maximum Gasteiger partial charge on any atom is 0.306 e. The van der Waals surface area contributed by atoms with Crippen molar-refractivity contribution >= 4 is 37.8 Å². The fourth-order valence-corrected chi connectivity index (χ4v) is 11.7. The van der Waals surface area contributed by atoms with Gasteiger partial charge in [0.2, 0.25) is 0 Å². The number of unbranched alkanes of at least 4 members (excludes halogenated alkanes) is 6. The summed E-state index contributed by atoms with van der Waals surface area (Å²) in [5.74, 6) is 16.7. The van der Waals surface area contributed by atoms with Gasteiger partial charge < -0.3 is 4.74 Å². The fraction of sp³-hybridized carbons (Fsp3) is 0.729. The lowest BCUT2D eigenvalue weighted by Crippen LogP contribution is -2.51. The van der Waals surface area contributed by atoms with Crippen LogP contribution in [0.4, 0.5) is 0 Å². The van der Waals surface area contributed by atoms with Crippen molar-refractivity contribution in [2.24, 2.45) is 46.3 Å². The molecule has 0 heterocycles. The third kappa shape index (κ3) is 11.8. The van der Waals surface area contributed by atoms with Gasteiger partial charge >= 0.3 is 5.97 Å². The molecular weight excluding hydrogens is 768 g/mol. The number of esters is 1. The van der Waals surface area contributed by atoms with E-state index in [4.69, 9.17) is 4.74 Å². The molecule has 0 aromatic carbocycles. The van der Waals surface area contributed by atoms with E-state index in [1.54, 1.807) is 5.57 Å². The van der Waals surface area contributed by atoms with Crippen LogP contribution in [0.2, 0.25) is 0 Å². The number of rotatable bonds is 18. The van der Waals surface area contributed by atoms with Crippen LogP contribution < -0.4 is 0 Å². The summed E-state index contributed by atoms with van der Waals surface area (Å²) in [5, 5.41) is 0. The molecule has 0 aromatic heterocycles. The van der Waals surface area contributed by atoms with Crippen LogP contribution >= 0.6 is 31.9 Å². The molecule has 2 nitrogen and oxygen atoms in total. The molecule has 8 atom stereocenters. The third-order valence-electron chi connectivity index (χ3n) is 14.3. The topological polar surface area (TPSA) is 26.3 Å². The van der Waals surface area contributed by atoms with Crippen molar-refractivity contribution < 1.29 is 9.53 Å². The molecule has 0 spiro atoms. The highest BCUT2D eigenvalue weighted by Gasteiger charge is 2.59. The predicted octanol–water partition coefficient (Wildman–Crippen LogP) is 14.6. The summed E-state index contributed by atoms with van der Waals surface area (Å²) in [4.78, 5) is 12.8. The normalized spacial score (nSPS) is 29.8. The molecule has 0 bridgehead atoms. The number of ether oxygens (including phenoxy) is 1. The monoisotopic (exact) mass is 836 g/mol. The zero-order valence-corrected chi connectivity index (χ0v) is 36.7. The highest BCUT2D eigenvalue weighted by atomic mass is 79.9. The molecule has 52 heavy (non-hydrogen) atoms. The number of allylic oxidation sites excluding steroid dienone is 5. The van der Waals surface area contributed by atoms with Crippen LogP contribution in [0.15, 0.2) is 45.4 Å². The summed E-state index contributed by atoms with van der Waals surface area (Å²) in [6, 6.07) is 0. The molecule has 3 saturated carbocycles. The lowest BCUT2D eigenvalue weighted by atomic mass is 9.47. The molecule has 0 aromatic rings.